The molecule has 3 nitrogen and oxygen atoms in total. The number of Topliss-reactive ketones (excluding diaryl/α,β-unsaturated/α-hetero) is 1. The molecule has 0 aliphatic heterocycles. The molecule has 0 heterocycles. The van der Waals surface area contributed by atoms with Crippen molar-refractivity contribution in [2.24, 2.45) is 0 Å². The molecule has 0 bridgehead atoms. The number of phenols is 2. The summed E-state index contributed by atoms with van der Waals surface area (Å²) in [4.78, 5) is 10.9. The zero-order valence-electron chi connectivity index (χ0n) is 8.11. The van der Waals surface area contributed by atoms with Gasteiger partial charge in [0.2, 0.25) is 0 Å². The normalized spacial score (nSPS) is 11.4. The van der Waals surface area contributed by atoms with Gasteiger partial charge in [-0.3, -0.25) is 4.79 Å². The average Bonchev–Trinajstić information content (AvgIpc) is 2.11. The lowest BCUT2D eigenvalue weighted by Crippen LogP contribution is -1.90. The second kappa shape index (κ2) is 3.96. The second-order valence-electron chi connectivity index (χ2n) is 3.13. The Bertz CT molecular complexity index is 392. The Balaban J connectivity index is 3.04. The topological polar surface area (TPSA) is 57.5 Å². The number of carbonyl (C=O) groups is 1. The van der Waals surface area contributed by atoms with Crippen LogP contribution in [-0.2, 0) is 4.79 Å². The summed E-state index contributed by atoms with van der Waals surface area (Å²) in [5, 5.41) is 18.2. The van der Waals surface area contributed by atoms with Crippen LogP contribution >= 0.6 is 0 Å². The molecule has 0 saturated heterocycles. The molecular formula is C11H12O3. The van der Waals surface area contributed by atoms with Gasteiger partial charge in [0.1, 0.15) is 0 Å². The lowest BCUT2D eigenvalue weighted by atomic mass is 10.1. The van der Waals surface area contributed by atoms with Crippen molar-refractivity contribution in [1.82, 2.24) is 0 Å². The monoisotopic (exact) mass is 192 g/mol. The van der Waals surface area contributed by atoms with Crippen LogP contribution in [0.15, 0.2) is 23.8 Å². The van der Waals surface area contributed by atoms with E-state index in [1.54, 1.807) is 19.1 Å². The molecule has 0 spiro atoms. The molecule has 0 aromatic heterocycles. The fourth-order valence-electron chi connectivity index (χ4n) is 0.982. The summed E-state index contributed by atoms with van der Waals surface area (Å²) in [7, 11) is 0. The summed E-state index contributed by atoms with van der Waals surface area (Å²) in [5.41, 5.74) is 1.29. The first-order valence-corrected chi connectivity index (χ1v) is 4.22. The molecule has 0 radical (unpaired) electrons. The van der Waals surface area contributed by atoms with Gasteiger partial charge < -0.3 is 10.2 Å². The highest BCUT2D eigenvalue weighted by atomic mass is 16.3. The SMILES string of the molecule is CC(=O)/C(C)=C/c1ccc(O)c(O)c1. The number of carbonyl (C=O) groups excluding carboxylic acids is 1. The van der Waals surface area contributed by atoms with Crippen LogP contribution in [0.2, 0.25) is 0 Å². The smallest absolute Gasteiger partial charge is 0.157 e. The highest BCUT2D eigenvalue weighted by Crippen LogP contribution is 2.25. The molecule has 14 heavy (non-hydrogen) atoms. The standard InChI is InChI=1S/C11H12O3/c1-7(8(2)12)5-9-3-4-10(13)11(14)6-9/h3-6,13-14H,1-2H3/b7-5+. The van der Waals surface area contributed by atoms with E-state index in [1.807, 2.05) is 0 Å². The largest absolute Gasteiger partial charge is 0.504 e. The number of hydrogen-bond acceptors (Lipinski definition) is 3. The van der Waals surface area contributed by atoms with Gasteiger partial charge in [0.05, 0.1) is 0 Å². The van der Waals surface area contributed by atoms with Crippen molar-refractivity contribution in [2.45, 2.75) is 13.8 Å². The van der Waals surface area contributed by atoms with E-state index in [0.717, 1.165) is 0 Å². The second-order valence-corrected chi connectivity index (χ2v) is 3.13. The third kappa shape index (κ3) is 2.36. The van der Waals surface area contributed by atoms with Gasteiger partial charge >= 0.3 is 0 Å². The Kier molecular flexibility index (Phi) is 2.92. The molecule has 0 amide bonds. The molecule has 1 aromatic carbocycles. The van der Waals surface area contributed by atoms with Crippen LogP contribution in [0.3, 0.4) is 0 Å². The Morgan fingerprint density at radius 1 is 1.21 bits per heavy atom. The number of phenolic OH excluding ortho intramolecular Hbond substituents is 2. The number of allylic oxidation sites excluding steroid dienone is 1. The molecule has 1 aromatic rings. The summed E-state index contributed by atoms with van der Waals surface area (Å²) in [6, 6.07) is 4.41. The van der Waals surface area contributed by atoms with Gasteiger partial charge in [-0.1, -0.05) is 6.07 Å². The summed E-state index contributed by atoms with van der Waals surface area (Å²) < 4.78 is 0. The van der Waals surface area contributed by atoms with Gasteiger partial charge in [-0.15, -0.1) is 0 Å². The fourth-order valence-corrected chi connectivity index (χ4v) is 0.982. The van der Waals surface area contributed by atoms with E-state index in [0.29, 0.717) is 11.1 Å². The van der Waals surface area contributed by atoms with Gasteiger partial charge in [-0.05, 0) is 43.2 Å². The maximum absolute atomic E-state index is 10.9. The minimum Gasteiger partial charge on any atom is -0.504 e. The maximum Gasteiger partial charge on any atom is 0.157 e. The third-order valence-electron chi connectivity index (χ3n) is 1.94. The van der Waals surface area contributed by atoms with Crippen molar-refractivity contribution in [3.8, 4) is 11.5 Å². The molecule has 2 N–H and O–H groups in total. The van der Waals surface area contributed by atoms with Crippen molar-refractivity contribution in [1.29, 1.82) is 0 Å². The first-order valence-electron chi connectivity index (χ1n) is 4.22. The molecule has 0 aliphatic carbocycles. The number of rotatable bonds is 2. The van der Waals surface area contributed by atoms with Crippen LogP contribution < -0.4 is 0 Å². The zero-order valence-corrected chi connectivity index (χ0v) is 8.11. The van der Waals surface area contributed by atoms with E-state index in [4.69, 9.17) is 5.11 Å². The van der Waals surface area contributed by atoms with Gasteiger partial charge in [0.25, 0.3) is 0 Å². The van der Waals surface area contributed by atoms with E-state index >= 15 is 0 Å². The van der Waals surface area contributed by atoms with E-state index in [-0.39, 0.29) is 17.3 Å². The summed E-state index contributed by atoms with van der Waals surface area (Å²) in [6.45, 7) is 3.18. The summed E-state index contributed by atoms with van der Waals surface area (Å²) in [6.07, 6.45) is 1.65. The predicted molar refractivity (Wildman–Crippen MR) is 54.1 cm³/mol. The van der Waals surface area contributed by atoms with Crippen LogP contribution in [0.5, 0.6) is 11.5 Å². The first-order chi connectivity index (χ1) is 6.50. The number of benzene rings is 1. The first kappa shape index (κ1) is 10.3. The van der Waals surface area contributed by atoms with Crippen LogP contribution in [0.1, 0.15) is 19.4 Å². The van der Waals surface area contributed by atoms with E-state index in [2.05, 4.69) is 0 Å². The Morgan fingerprint density at radius 3 is 2.36 bits per heavy atom. The quantitative estimate of drug-likeness (QED) is 0.557. The highest BCUT2D eigenvalue weighted by Gasteiger charge is 2.00. The molecule has 1 rings (SSSR count). The van der Waals surface area contributed by atoms with Crippen LogP contribution in [-0.4, -0.2) is 16.0 Å². The molecule has 0 atom stereocenters. The van der Waals surface area contributed by atoms with Crippen LogP contribution in [0.4, 0.5) is 0 Å². The minimum absolute atomic E-state index is 0.0161. The van der Waals surface area contributed by atoms with Gasteiger partial charge in [-0.2, -0.15) is 0 Å². The van der Waals surface area contributed by atoms with Crippen LogP contribution in [0.25, 0.3) is 6.08 Å². The van der Waals surface area contributed by atoms with Gasteiger partial charge in [-0.25, -0.2) is 0 Å². The molecule has 74 valence electrons. The average molecular weight is 192 g/mol. The Labute approximate surface area is 82.3 Å². The van der Waals surface area contributed by atoms with E-state index < -0.39 is 0 Å². The van der Waals surface area contributed by atoms with Gasteiger partial charge in [0.15, 0.2) is 17.3 Å². The molecule has 0 unspecified atom stereocenters. The third-order valence-corrected chi connectivity index (χ3v) is 1.94. The lowest BCUT2D eigenvalue weighted by Gasteiger charge is -1.99. The number of aromatic hydroxyl groups is 2. The molecule has 0 fully saturated rings. The number of ketones is 1. The van der Waals surface area contributed by atoms with Crippen LogP contribution in [0, 0.1) is 0 Å². The molecule has 0 aliphatic rings. The van der Waals surface area contributed by atoms with E-state index in [9.17, 15) is 9.90 Å². The van der Waals surface area contributed by atoms with E-state index in [1.165, 1.54) is 19.1 Å². The lowest BCUT2D eigenvalue weighted by molar-refractivity contribution is -0.113. The molecule has 0 saturated carbocycles. The Morgan fingerprint density at radius 2 is 1.86 bits per heavy atom. The van der Waals surface area contributed by atoms with Crippen molar-refractivity contribution in [3.05, 3.63) is 29.3 Å². The van der Waals surface area contributed by atoms with Crippen molar-refractivity contribution in [2.75, 3.05) is 0 Å². The summed E-state index contributed by atoms with van der Waals surface area (Å²) >= 11 is 0. The van der Waals surface area contributed by atoms with Gasteiger partial charge in [0, 0.05) is 0 Å². The molecule has 3 heteroatoms. The maximum atomic E-state index is 10.9. The minimum atomic E-state index is -0.185. The highest BCUT2D eigenvalue weighted by molar-refractivity contribution is 5.97. The Hall–Kier alpha value is -1.77. The summed E-state index contributed by atoms with van der Waals surface area (Å²) in [5.74, 6) is -0.365. The number of hydrogen-bond donors (Lipinski definition) is 2. The van der Waals surface area contributed by atoms with Crippen molar-refractivity contribution in [3.63, 3.8) is 0 Å². The van der Waals surface area contributed by atoms with Crippen molar-refractivity contribution >= 4 is 11.9 Å². The molecular weight excluding hydrogens is 180 g/mol. The fraction of sp³-hybridized carbons (Fsp3) is 0.182. The zero-order chi connectivity index (χ0) is 10.7. The predicted octanol–water partition coefficient (Wildman–Crippen LogP) is 2.09. The van der Waals surface area contributed by atoms with Crippen molar-refractivity contribution < 1.29 is 15.0 Å².